The largest absolute Gasteiger partial charge is 0.480 e. The molecule has 2 N–H and O–H groups in total. The van der Waals surface area contributed by atoms with Crippen molar-refractivity contribution >= 4 is 12.0 Å². The van der Waals surface area contributed by atoms with Crippen molar-refractivity contribution in [3.63, 3.8) is 0 Å². The lowest BCUT2D eigenvalue weighted by Crippen LogP contribution is -2.51. The van der Waals surface area contributed by atoms with Crippen LogP contribution in [0.4, 0.5) is 4.79 Å². The molecule has 21 heavy (non-hydrogen) atoms. The van der Waals surface area contributed by atoms with Crippen LogP contribution in [0.5, 0.6) is 0 Å². The van der Waals surface area contributed by atoms with Crippen LogP contribution in [0.3, 0.4) is 0 Å². The number of nitrogens with one attached hydrogen (secondary N) is 1. The molecule has 5 heteroatoms. The van der Waals surface area contributed by atoms with Gasteiger partial charge < -0.3 is 15.3 Å². The molecular formula is C16H30N2O3. The van der Waals surface area contributed by atoms with E-state index < -0.39 is 12.0 Å². The van der Waals surface area contributed by atoms with Crippen molar-refractivity contribution in [1.29, 1.82) is 0 Å². The van der Waals surface area contributed by atoms with E-state index in [1.165, 1.54) is 0 Å². The first-order valence-corrected chi connectivity index (χ1v) is 8.11. The summed E-state index contributed by atoms with van der Waals surface area (Å²) in [5.41, 5.74) is 0.362. The first-order valence-electron chi connectivity index (χ1n) is 8.11. The minimum Gasteiger partial charge on any atom is -0.480 e. The van der Waals surface area contributed by atoms with Gasteiger partial charge in [-0.2, -0.15) is 0 Å². The Labute approximate surface area is 128 Å². The van der Waals surface area contributed by atoms with E-state index in [1.807, 2.05) is 13.8 Å². The zero-order chi connectivity index (χ0) is 16.0. The standard InChI is InChI=1S/C16H30N2O3/c1-5-16(6-2)7-9-18(10-8-16)15(21)17-13(14(19)20)11-12(3)4/h12-13H,5-11H2,1-4H3,(H,17,21)(H,19,20). The average Bonchev–Trinajstić information content (AvgIpc) is 2.46. The van der Waals surface area contributed by atoms with Crippen molar-refractivity contribution in [2.24, 2.45) is 11.3 Å². The number of carboxylic acid groups (broad SMARTS) is 1. The predicted octanol–water partition coefficient (Wildman–Crippen LogP) is 3.10. The van der Waals surface area contributed by atoms with Gasteiger partial charge in [-0.05, 0) is 30.6 Å². The molecule has 1 aliphatic heterocycles. The molecule has 1 unspecified atom stereocenters. The average molecular weight is 298 g/mol. The van der Waals surface area contributed by atoms with E-state index in [9.17, 15) is 14.7 Å². The third-order valence-electron chi connectivity index (χ3n) is 4.91. The first-order chi connectivity index (χ1) is 9.83. The van der Waals surface area contributed by atoms with Crippen molar-refractivity contribution in [2.45, 2.75) is 65.8 Å². The van der Waals surface area contributed by atoms with Crippen LogP contribution in [0.25, 0.3) is 0 Å². The Morgan fingerprint density at radius 1 is 1.19 bits per heavy atom. The third kappa shape index (κ3) is 4.90. The summed E-state index contributed by atoms with van der Waals surface area (Å²) in [6.07, 6.45) is 4.77. The number of urea groups is 1. The van der Waals surface area contributed by atoms with Gasteiger partial charge in [-0.3, -0.25) is 0 Å². The van der Waals surface area contributed by atoms with Crippen LogP contribution in [0.2, 0.25) is 0 Å². The Balaban J connectivity index is 2.55. The summed E-state index contributed by atoms with van der Waals surface area (Å²) in [6, 6.07) is -1.02. The Morgan fingerprint density at radius 3 is 2.10 bits per heavy atom. The lowest BCUT2D eigenvalue weighted by Gasteiger charge is -2.41. The van der Waals surface area contributed by atoms with Gasteiger partial charge in [0.05, 0.1) is 0 Å². The SMILES string of the molecule is CCC1(CC)CCN(C(=O)NC(CC(C)C)C(=O)O)CC1. The highest BCUT2D eigenvalue weighted by atomic mass is 16.4. The maximum Gasteiger partial charge on any atom is 0.326 e. The van der Waals surface area contributed by atoms with Gasteiger partial charge in [-0.1, -0.05) is 40.5 Å². The molecule has 0 spiro atoms. The van der Waals surface area contributed by atoms with E-state index in [1.54, 1.807) is 4.90 Å². The van der Waals surface area contributed by atoms with Gasteiger partial charge in [0.15, 0.2) is 0 Å². The second-order valence-electron chi connectivity index (χ2n) is 6.66. The summed E-state index contributed by atoms with van der Waals surface area (Å²) in [5, 5.41) is 11.9. The van der Waals surface area contributed by atoms with Crippen molar-refractivity contribution in [3.8, 4) is 0 Å². The fraction of sp³-hybridized carbons (Fsp3) is 0.875. The lowest BCUT2D eigenvalue weighted by molar-refractivity contribution is -0.139. The van der Waals surface area contributed by atoms with Gasteiger partial charge in [0.1, 0.15) is 6.04 Å². The van der Waals surface area contributed by atoms with Gasteiger partial charge in [0, 0.05) is 13.1 Å². The molecule has 1 atom stereocenters. The molecule has 1 aliphatic rings. The van der Waals surface area contributed by atoms with Gasteiger partial charge >= 0.3 is 12.0 Å². The highest BCUT2D eigenvalue weighted by Gasteiger charge is 2.33. The number of carboxylic acids is 1. The molecule has 2 amide bonds. The Morgan fingerprint density at radius 2 is 1.71 bits per heavy atom. The first kappa shape index (κ1) is 17.8. The lowest BCUT2D eigenvalue weighted by atomic mass is 9.74. The number of hydrogen-bond donors (Lipinski definition) is 2. The molecule has 5 nitrogen and oxygen atoms in total. The molecule has 1 heterocycles. The minimum absolute atomic E-state index is 0.233. The molecule has 0 aromatic heterocycles. The maximum absolute atomic E-state index is 12.2. The smallest absolute Gasteiger partial charge is 0.326 e. The second kappa shape index (κ2) is 7.66. The van der Waals surface area contributed by atoms with Crippen molar-refractivity contribution in [1.82, 2.24) is 10.2 Å². The minimum atomic E-state index is -0.953. The van der Waals surface area contributed by atoms with Crippen LogP contribution in [0.15, 0.2) is 0 Å². The van der Waals surface area contributed by atoms with E-state index in [2.05, 4.69) is 19.2 Å². The molecule has 0 radical (unpaired) electrons. The zero-order valence-electron chi connectivity index (χ0n) is 13.8. The van der Waals surface area contributed by atoms with Gasteiger partial charge in [-0.15, -0.1) is 0 Å². The molecule has 0 aromatic carbocycles. The monoisotopic (exact) mass is 298 g/mol. The van der Waals surface area contributed by atoms with Crippen LogP contribution < -0.4 is 5.32 Å². The molecular weight excluding hydrogens is 268 g/mol. The number of piperidine rings is 1. The molecule has 1 fully saturated rings. The van der Waals surface area contributed by atoms with E-state index in [0.717, 1.165) is 38.8 Å². The van der Waals surface area contributed by atoms with Crippen molar-refractivity contribution in [3.05, 3.63) is 0 Å². The number of hydrogen-bond acceptors (Lipinski definition) is 2. The molecule has 122 valence electrons. The molecule has 1 saturated heterocycles. The van der Waals surface area contributed by atoms with Crippen LogP contribution in [0, 0.1) is 11.3 Å². The van der Waals surface area contributed by atoms with Crippen LogP contribution in [-0.4, -0.2) is 41.1 Å². The summed E-state index contributed by atoms with van der Waals surface area (Å²) in [6.45, 7) is 9.79. The third-order valence-corrected chi connectivity index (χ3v) is 4.91. The van der Waals surface area contributed by atoms with Gasteiger partial charge in [0.25, 0.3) is 0 Å². The molecule has 0 aromatic rings. The molecule has 0 bridgehead atoms. The van der Waals surface area contributed by atoms with E-state index in [4.69, 9.17) is 0 Å². The summed E-state index contributed by atoms with van der Waals surface area (Å²) < 4.78 is 0. The van der Waals surface area contributed by atoms with Crippen molar-refractivity contribution in [2.75, 3.05) is 13.1 Å². The number of rotatable bonds is 6. The Bertz CT molecular complexity index is 355. The second-order valence-corrected chi connectivity index (χ2v) is 6.66. The number of likely N-dealkylation sites (tertiary alicyclic amines) is 1. The summed E-state index contributed by atoms with van der Waals surface area (Å²) in [5.74, 6) is -0.717. The van der Waals surface area contributed by atoms with E-state index in [0.29, 0.717) is 11.8 Å². The summed E-state index contributed by atoms with van der Waals surface area (Å²) in [4.78, 5) is 25.2. The topological polar surface area (TPSA) is 69.6 Å². The van der Waals surface area contributed by atoms with Gasteiger partial charge in [-0.25, -0.2) is 9.59 Å². The highest BCUT2D eigenvalue weighted by molar-refractivity contribution is 5.82. The fourth-order valence-electron chi connectivity index (χ4n) is 3.07. The highest BCUT2D eigenvalue weighted by Crippen LogP contribution is 2.37. The summed E-state index contributed by atoms with van der Waals surface area (Å²) >= 11 is 0. The maximum atomic E-state index is 12.2. The molecule has 0 saturated carbocycles. The molecule has 0 aliphatic carbocycles. The van der Waals surface area contributed by atoms with Crippen LogP contribution >= 0.6 is 0 Å². The zero-order valence-corrected chi connectivity index (χ0v) is 13.8. The number of amides is 2. The van der Waals surface area contributed by atoms with E-state index >= 15 is 0 Å². The number of carbonyl (C=O) groups excluding carboxylic acids is 1. The van der Waals surface area contributed by atoms with Crippen molar-refractivity contribution < 1.29 is 14.7 Å². The Hall–Kier alpha value is -1.26. The normalized spacial score (nSPS) is 19.4. The number of aliphatic carboxylic acids is 1. The quantitative estimate of drug-likeness (QED) is 0.791. The molecule has 1 rings (SSSR count). The number of nitrogens with zero attached hydrogens (tertiary/aromatic N) is 1. The van der Waals surface area contributed by atoms with E-state index in [-0.39, 0.29) is 11.9 Å². The predicted molar refractivity (Wildman–Crippen MR) is 83.2 cm³/mol. The van der Waals surface area contributed by atoms with Crippen LogP contribution in [0.1, 0.15) is 59.8 Å². The van der Waals surface area contributed by atoms with Gasteiger partial charge in [0.2, 0.25) is 0 Å². The summed E-state index contributed by atoms with van der Waals surface area (Å²) in [7, 11) is 0. The Kier molecular flexibility index (Phi) is 6.49. The number of carbonyl (C=O) groups is 2. The van der Waals surface area contributed by atoms with Crippen LogP contribution in [-0.2, 0) is 4.79 Å². The fourth-order valence-corrected chi connectivity index (χ4v) is 3.07.